The van der Waals surface area contributed by atoms with Gasteiger partial charge in [-0.1, -0.05) is 6.07 Å². The van der Waals surface area contributed by atoms with Gasteiger partial charge in [0.1, 0.15) is 5.75 Å². The summed E-state index contributed by atoms with van der Waals surface area (Å²) >= 11 is 3.46. The van der Waals surface area contributed by atoms with Crippen LogP contribution in [0.25, 0.3) is 0 Å². The molecular weight excluding hydrogens is 334 g/mol. The molecule has 116 valence electrons. The summed E-state index contributed by atoms with van der Waals surface area (Å²) in [5, 5.41) is 9.22. The van der Waals surface area contributed by atoms with Crippen LogP contribution in [-0.2, 0) is 11.2 Å². The number of halogens is 1. The van der Waals surface area contributed by atoms with Gasteiger partial charge >= 0.3 is 0 Å². The number of likely N-dealkylation sites (tertiary alicyclic amines) is 1. The van der Waals surface area contributed by atoms with Crippen molar-refractivity contribution >= 4 is 21.8 Å². The van der Waals surface area contributed by atoms with Crippen molar-refractivity contribution in [1.82, 2.24) is 4.90 Å². The zero-order valence-electron chi connectivity index (χ0n) is 12.3. The van der Waals surface area contributed by atoms with Gasteiger partial charge in [-0.25, -0.2) is 0 Å². The fourth-order valence-electron chi connectivity index (χ4n) is 2.72. The number of hydrogen-bond acceptors (Lipinski definition) is 3. The Hall–Kier alpha value is -1.07. The number of aliphatic hydroxyl groups excluding tert-OH is 1. The van der Waals surface area contributed by atoms with Crippen molar-refractivity contribution in [1.29, 1.82) is 0 Å². The molecule has 1 unspecified atom stereocenters. The van der Waals surface area contributed by atoms with Gasteiger partial charge in [0, 0.05) is 26.1 Å². The Balaban J connectivity index is 1.87. The van der Waals surface area contributed by atoms with Crippen LogP contribution < -0.4 is 4.74 Å². The van der Waals surface area contributed by atoms with E-state index in [0.29, 0.717) is 13.0 Å². The second-order valence-electron chi connectivity index (χ2n) is 5.50. The quantitative estimate of drug-likeness (QED) is 0.883. The number of methoxy groups -OCH3 is 1. The van der Waals surface area contributed by atoms with Gasteiger partial charge < -0.3 is 14.7 Å². The summed E-state index contributed by atoms with van der Waals surface area (Å²) in [5.74, 6) is 1.23. The number of rotatable bonds is 5. The van der Waals surface area contributed by atoms with Crippen molar-refractivity contribution in [2.24, 2.45) is 5.92 Å². The number of nitrogens with zero attached hydrogens (tertiary/aromatic N) is 1. The number of amides is 1. The third kappa shape index (κ3) is 4.45. The Morgan fingerprint density at radius 1 is 1.52 bits per heavy atom. The molecular formula is C16H22BrNO3. The molecule has 0 aliphatic carbocycles. The lowest BCUT2D eigenvalue weighted by Gasteiger charge is -2.32. The van der Waals surface area contributed by atoms with Crippen LogP contribution in [0.1, 0.15) is 24.8 Å². The topological polar surface area (TPSA) is 49.8 Å². The van der Waals surface area contributed by atoms with Crippen molar-refractivity contribution in [3.8, 4) is 5.75 Å². The van der Waals surface area contributed by atoms with Gasteiger partial charge in [0.15, 0.2) is 0 Å². The van der Waals surface area contributed by atoms with Crippen molar-refractivity contribution in [3.05, 3.63) is 28.2 Å². The minimum Gasteiger partial charge on any atom is -0.496 e. The van der Waals surface area contributed by atoms with E-state index in [1.54, 1.807) is 7.11 Å². The molecule has 1 aliphatic rings. The lowest BCUT2D eigenvalue weighted by molar-refractivity contribution is -0.133. The number of carbonyl (C=O) groups is 1. The van der Waals surface area contributed by atoms with Gasteiger partial charge in [-0.3, -0.25) is 4.79 Å². The van der Waals surface area contributed by atoms with Crippen LogP contribution >= 0.6 is 15.9 Å². The molecule has 0 spiro atoms. The predicted octanol–water partition coefficient (Wildman–Crippen LogP) is 2.62. The van der Waals surface area contributed by atoms with E-state index in [0.717, 1.165) is 41.6 Å². The maximum Gasteiger partial charge on any atom is 0.222 e. The highest BCUT2D eigenvalue weighted by Crippen LogP contribution is 2.26. The molecule has 1 saturated heterocycles. The molecule has 4 nitrogen and oxygen atoms in total. The molecule has 0 radical (unpaired) electrons. The summed E-state index contributed by atoms with van der Waals surface area (Å²) in [6, 6.07) is 5.90. The number of aryl methyl sites for hydroxylation is 1. The van der Waals surface area contributed by atoms with E-state index in [2.05, 4.69) is 15.9 Å². The Kier molecular flexibility index (Phi) is 6.06. The maximum absolute atomic E-state index is 12.2. The van der Waals surface area contributed by atoms with Gasteiger partial charge in [-0.2, -0.15) is 0 Å². The maximum atomic E-state index is 12.2. The summed E-state index contributed by atoms with van der Waals surface area (Å²) in [6.07, 6.45) is 3.25. The van der Waals surface area contributed by atoms with E-state index in [1.807, 2.05) is 23.1 Å². The Morgan fingerprint density at radius 3 is 3.00 bits per heavy atom. The highest BCUT2D eigenvalue weighted by Gasteiger charge is 2.22. The molecule has 1 atom stereocenters. The van der Waals surface area contributed by atoms with E-state index < -0.39 is 0 Å². The highest BCUT2D eigenvalue weighted by molar-refractivity contribution is 9.10. The van der Waals surface area contributed by atoms with E-state index in [1.165, 1.54) is 0 Å². The molecule has 1 aliphatic heterocycles. The summed E-state index contributed by atoms with van der Waals surface area (Å²) in [5.41, 5.74) is 1.12. The molecule has 5 heteroatoms. The zero-order valence-corrected chi connectivity index (χ0v) is 13.9. The van der Waals surface area contributed by atoms with Crippen LogP contribution in [0.2, 0.25) is 0 Å². The average Bonchev–Trinajstić information content (AvgIpc) is 2.52. The van der Waals surface area contributed by atoms with Gasteiger partial charge in [0.25, 0.3) is 0 Å². The number of benzene rings is 1. The number of carbonyl (C=O) groups excluding carboxylic acids is 1. The molecule has 1 aromatic rings. The summed E-state index contributed by atoms with van der Waals surface area (Å²) in [4.78, 5) is 14.1. The van der Waals surface area contributed by atoms with E-state index in [9.17, 15) is 9.90 Å². The number of piperidine rings is 1. The summed E-state index contributed by atoms with van der Waals surface area (Å²) in [6.45, 7) is 1.69. The van der Waals surface area contributed by atoms with Crippen LogP contribution in [-0.4, -0.2) is 42.7 Å². The molecule has 0 bridgehead atoms. The van der Waals surface area contributed by atoms with E-state index in [-0.39, 0.29) is 18.4 Å². The third-order valence-corrected chi connectivity index (χ3v) is 4.59. The van der Waals surface area contributed by atoms with Gasteiger partial charge in [-0.15, -0.1) is 0 Å². The molecule has 1 N–H and O–H groups in total. The van der Waals surface area contributed by atoms with Crippen molar-refractivity contribution in [2.75, 3.05) is 26.8 Å². The first-order valence-electron chi connectivity index (χ1n) is 7.35. The number of hydrogen-bond donors (Lipinski definition) is 1. The largest absolute Gasteiger partial charge is 0.496 e. The smallest absolute Gasteiger partial charge is 0.222 e. The van der Waals surface area contributed by atoms with Crippen LogP contribution in [0.4, 0.5) is 0 Å². The molecule has 1 amide bonds. The third-order valence-electron chi connectivity index (χ3n) is 3.97. The van der Waals surface area contributed by atoms with E-state index in [4.69, 9.17) is 4.74 Å². The summed E-state index contributed by atoms with van der Waals surface area (Å²) in [7, 11) is 1.64. The lowest BCUT2D eigenvalue weighted by atomic mass is 9.98. The lowest BCUT2D eigenvalue weighted by Crippen LogP contribution is -2.41. The Morgan fingerprint density at radius 2 is 2.33 bits per heavy atom. The monoisotopic (exact) mass is 355 g/mol. The molecule has 21 heavy (non-hydrogen) atoms. The van der Waals surface area contributed by atoms with Crippen LogP contribution in [0.3, 0.4) is 0 Å². The first-order chi connectivity index (χ1) is 10.1. The molecule has 1 heterocycles. The fraction of sp³-hybridized carbons (Fsp3) is 0.562. The first kappa shape index (κ1) is 16.3. The SMILES string of the molecule is COc1ccc(CCC(=O)N2CCCC(CO)C2)cc1Br. The molecule has 0 saturated carbocycles. The Labute approximate surface area is 134 Å². The zero-order chi connectivity index (χ0) is 15.2. The van der Waals surface area contributed by atoms with Crippen molar-refractivity contribution < 1.29 is 14.6 Å². The second kappa shape index (κ2) is 7.80. The fourth-order valence-corrected chi connectivity index (χ4v) is 3.30. The van der Waals surface area contributed by atoms with E-state index >= 15 is 0 Å². The Bertz CT molecular complexity index is 492. The van der Waals surface area contributed by atoms with Crippen molar-refractivity contribution in [3.63, 3.8) is 0 Å². The van der Waals surface area contributed by atoms with Gasteiger partial charge in [0.05, 0.1) is 11.6 Å². The predicted molar refractivity (Wildman–Crippen MR) is 85.4 cm³/mol. The number of aliphatic hydroxyl groups is 1. The van der Waals surface area contributed by atoms with Crippen molar-refractivity contribution in [2.45, 2.75) is 25.7 Å². The minimum absolute atomic E-state index is 0.176. The average molecular weight is 356 g/mol. The molecule has 1 fully saturated rings. The highest BCUT2D eigenvalue weighted by atomic mass is 79.9. The second-order valence-corrected chi connectivity index (χ2v) is 6.35. The molecule has 2 rings (SSSR count). The summed E-state index contributed by atoms with van der Waals surface area (Å²) < 4.78 is 6.11. The standard InChI is InChI=1S/C16H22BrNO3/c1-21-15-6-4-12(9-14(15)17)5-7-16(20)18-8-2-3-13(10-18)11-19/h4,6,9,13,19H,2-3,5,7-8,10-11H2,1H3. The first-order valence-corrected chi connectivity index (χ1v) is 8.14. The normalized spacial score (nSPS) is 18.6. The van der Waals surface area contributed by atoms with Crippen LogP contribution in [0.5, 0.6) is 5.75 Å². The minimum atomic E-state index is 0.176. The van der Waals surface area contributed by atoms with Gasteiger partial charge in [0.2, 0.25) is 5.91 Å². The number of ether oxygens (including phenoxy) is 1. The van der Waals surface area contributed by atoms with Crippen LogP contribution in [0.15, 0.2) is 22.7 Å². The molecule has 1 aromatic carbocycles. The van der Waals surface area contributed by atoms with Crippen LogP contribution in [0, 0.1) is 5.92 Å². The molecule has 0 aromatic heterocycles. The van der Waals surface area contributed by atoms with Gasteiger partial charge in [-0.05, 0) is 58.8 Å².